The molecule has 1 nitrogen and oxygen atoms in total. The summed E-state index contributed by atoms with van der Waals surface area (Å²) in [5.74, 6) is -0.610. The second kappa shape index (κ2) is 7.25. The maximum atomic E-state index is 13.3. The molecular formula is C16H23F4N. The lowest BCUT2D eigenvalue weighted by Gasteiger charge is -2.22. The molecule has 1 aromatic carbocycles. The van der Waals surface area contributed by atoms with E-state index in [9.17, 15) is 17.6 Å². The van der Waals surface area contributed by atoms with Crippen LogP contribution in [0.5, 0.6) is 0 Å². The van der Waals surface area contributed by atoms with Gasteiger partial charge in [0, 0.05) is 0 Å². The van der Waals surface area contributed by atoms with E-state index in [1.54, 1.807) is 0 Å². The molecule has 120 valence electrons. The zero-order valence-electron chi connectivity index (χ0n) is 12.9. The molecule has 1 rings (SSSR count). The van der Waals surface area contributed by atoms with Crippen LogP contribution in [-0.2, 0) is 6.18 Å². The molecule has 1 N–H and O–H groups in total. The van der Waals surface area contributed by atoms with Gasteiger partial charge in [-0.15, -0.1) is 0 Å². The van der Waals surface area contributed by atoms with Crippen molar-refractivity contribution in [3.8, 4) is 0 Å². The van der Waals surface area contributed by atoms with E-state index in [0.29, 0.717) is 11.5 Å². The standard InChI is InChI=1S/C16H23F4N/c1-10(2)8-21-9-11(3)12(4)13-5-6-15(17)14(7-13)16(18,19)20/h5-7,10-12,21H,8-9H2,1-4H3. The molecule has 0 amide bonds. The van der Waals surface area contributed by atoms with Crippen LogP contribution in [0.4, 0.5) is 17.6 Å². The lowest BCUT2D eigenvalue weighted by atomic mass is 9.88. The molecule has 0 spiro atoms. The molecule has 0 heterocycles. The second-order valence-electron chi connectivity index (χ2n) is 6.06. The van der Waals surface area contributed by atoms with Gasteiger partial charge in [0.1, 0.15) is 5.82 Å². The molecular weight excluding hydrogens is 282 g/mol. The molecule has 0 aromatic heterocycles. The minimum atomic E-state index is -4.65. The zero-order valence-corrected chi connectivity index (χ0v) is 12.9. The van der Waals surface area contributed by atoms with Crippen LogP contribution in [0.2, 0.25) is 0 Å². The summed E-state index contributed by atoms with van der Waals surface area (Å²) in [7, 11) is 0. The Labute approximate surface area is 123 Å². The van der Waals surface area contributed by atoms with Gasteiger partial charge in [0.25, 0.3) is 0 Å². The number of rotatable bonds is 6. The molecule has 0 aliphatic heterocycles. The Morgan fingerprint density at radius 3 is 2.19 bits per heavy atom. The van der Waals surface area contributed by atoms with E-state index in [2.05, 4.69) is 19.2 Å². The Morgan fingerprint density at radius 2 is 1.67 bits per heavy atom. The molecule has 0 bridgehead atoms. The van der Waals surface area contributed by atoms with E-state index in [1.165, 1.54) is 6.07 Å². The molecule has 0 saturated heterocycles. The normalized spacial score (nSPS) is 15.3. The van der Waals surface area contributed by atoms with Crippen LogP contribution < -0.4 is 5.32 Å². The lowest BCUT2D eigenvalue weighted by Crippen LogP contribution is -2.27. The van der Waals surface area contributed by atoms with Gasteiger partial charge in [-0.3, -0.25) is 0 Å². The Balaban J connectivity index is 2.80. The third-order valence-corrected chi connectivity index (χ3v) is 3.69. The highest BCUT2D eigenvalue weighted by molar-refractivity contribution is 5.29. The molecule has 0 aliphatic rings. The van der Waals surface area contributed by atoms with Crippen molar-refractivity contribution in [2.75, 3.05) is 13.1 Å². The van der Waals surface area contributed by atoms with E-state index in [-0.39, 0.29) is 11.8 Å². The topological polar surface area (TPSA) is 12.0 Å². The zero-order chi connectivity index (χ0) is 16.2. The molecule has 1 aromatic rings. The molecule has 0 aliphatic carbocycles. The van der Waals surface area contributed by atoms with Crippen LogP contribution in [0.15, 0.2) is 18.2 Å². The SMILES string of the molecule is CC(C)CNCC(C)C(C)c1ccc(F)c(C(F)(F)F)c1. The van der Waals surface area contributed by atoms with E-state index >= 15 is 0 Å². The summed E-state index contributed by atoms with van der Waals surface area (Å²) < 4.78 is 51.5. The van der Waals surface area contributed by atoms with Gasteiger partial charge >= 0.3 is 6.18 Å². The van der Waals surface area contributed by atoms with Crippen molar-refractivity contribution >= 4 is 0 Å². The summed E-state index contributed by atoms with van der Waals surface area (Å²) in [6.07, 6.45) is -4.65. The highest BCUT2D eigenvalue weighted by Crippen LogP contribution is 2.34. The molecule has 2 unspecified atom stereocenters. The van der Waals surface area contributed by atoms with Crippen molar-refractivity contribution in [2.24, 2.45) is 11.8 Å². The Hall–Kier alpha value is -1.10. The summed E-state index contributed by atoms with van der Waals surface area (Å²) >= 11 is 0. The highest BCUT2D eigenvalue weighted by Gasteiger charge is 2.34. The Kier molecular flexibility index (Phi) is 6.20. The number of halogens is 4. The van der Waals surface area contributed by atoms with Crippen molar-refractivity contribution in [1.82, 2.24) is 5.32 Å². The predicted octanol–water partition coefficient (Wildman–Crippen LogP) is 4.83. The summed E-state index contributed by atoms with van der Waals surface area (Å²) in [6, 6.07) is 3.27. The summed E-state index contributed by atoms with van der Waals surface area (Å²) in [5.41, 5.74) is -0.670. The molecule has 2 atom stereocenters. The van der Waals surface area contributed by atoms with Gasteiger partial charge in [-0.05, 0) is 48.5 Å². The average molecular weight is 305 g/mol. The van der Waals surface area contributed by atoms with Crippen LogP contribution in [0.1, 0.15) is 44.7 Å². The van der Waals surface area contributed by atoms with Gasteiger partial charge in [0.05, 0.1) is 5.56 Å². The van der Waals surface area contributed by atoms with E-state index in [1.807, 2.05) is 13.8 Å². The van der Waals surface area contributed by atoms with Crippen molar-refractivity contribution < 1.29 is 17.6 Å². The molecule has 5 heteroatoms. The van der Waals surface area contributed by atoms with Gasteiger partial charge in [0.2, 0.25) is 0 Å². The van der Waals surface area contributed by atoms with Gasteiger partial charge in [-0.25, -0.2) is 4.39 Å². The summed E-state index contributed by atoms with van der Waals surface area (Å²) in [5, 5.41) is 3.30. The van der Waals surface area contributed by atoms with E-state index < -0.39 is 17.6 Å². The molecule has 0 radical (unpaired) electrons. The van der Waals surface area contributed by atoms with Crippen LogP contribution in [0.25, 0.3) is 0 Å². The first-order valence-corrected chi connectivity index (χ1v) is 7.20. The minimum Gasteiger partial charge on any atom is -0.316 e. The number of benzene rings is 1. The van der Waals surface area contributed by atoms with Crippen LogP contribution in [-0.4, -0.2) is 13.1 Å². The quantitative estimate of drug-likeness (QED) is 0.742. The molecule has 21 heavy (non-hydrogen) atoms. The monoisotopic (exact) mass is 305 g/mol. The number of alkyl halides is 3. The molecule has 0 fully saturated rings. The average Bonchev–Trinajstić information content (AvgIpc) is 2.36. The van der Waals surface area contributed by atoms with Gasteiger partial charge in [-0.1, -0.05) is 33.8 Å². The number of hydrogen-bond acceptors (Lipinski definition) is 1. The maximum Gasteiger partial charge on any atom is 0.419 e. The third kappa shape index (κ3) is 5.30. The largest absolute Gasteiger partial charge is 0.419 e. The number of nitrogens with one attached hydrogen (secondary N) is 1. The lowest BCUT2D eigenvalue weighted by molar-refractivity contribution is -0.140. The van der Waals surface area contributed by atoms with E-state index in [0.717, 1.165) is 25.2 Å². The Morgan fingerprint density at radius 1 is 1.05 bits per heavy atom. The van der Waals surface area contributed by atoms with Gasteiger partial charge in [-0.2, -0.15) is 13.2 Å². The fraction of sp³-hybridized carbons (Fsp3) is 0.625. The number of hydrogen-bond donors (Lipinski definition) is 1. The van der Waals surface area contributed by atoms with Crippen molar-refractivity contribution in [2.45, 2.75) is 39.8 Å². The summed E-state index contributed by atoms with van der Waals surface area (Å²) in [4.78, 5) is 0. The Bertz CT molecular complexity index is 454. The first kappa shape index (κ1) is 18.0. The second-order valence-corrected chi connectivity index (χ2v) is 6.06. The fourth-order valence-corrected chi connectivity index (χ4v) is 2.15. The van der Waals surface area contributed by atoms with Crippen molar-refractivity contribution in [3.63, 3.8) is 0 Å². The van der Waals surface area contributed by atoms with Gasteiger partial charge < -0.3 is 5.32 Å². The first-order chi connectivity index (χ1) is 9.62. The van der Waals surface area contributed by atoms with Gasteiger partial charge in [0.15, 0.2) is 0 Å². The highest BCUT2D eigenvalue weighted by atomic mass is 19.4. The van der Waals surface area contributed by atoms with Crippen molar-refractivity contribution in [1.29, 1.82) is 0 Å². The smallest absolute Gasteiger partial charge is 0.316 e. The minimum absolute atomic E-state index is 0.0774. The van der Waals surface area contributed by atoms with Crippen LogP contribution in [0, 0.1) is 17.7 Å². The van der Waals surface area contributed by atoms with Crippen molar-refractivity contribution in [3.05, 3.63) is 35.1 Å². The third-order valence-electron chi connectivity index (χ3n) is 3.69. The fourth-order valence-electron chi connectivity index (χ4n) is 2.15. The molecule has 0 saturated carbocycles. The summed E-state index contributed by atoms with van der Waals surface area (Å²) in [6.45, 7) is 9.63. The predicted molar refractivity (Wildman–Crippen MR) is 76.7 cm³/mol. The van der Waals surface area contributed by atoms with E-state index in [4.69, 9.17) is 0 Å². The van der Waals surface area contributed by atoms with Crippen LogP contribution >= 0.6 is 0 Å². The maximum absolute atomic E-state index is 13.3. The van der Waals surface area contributed by atoms with Crippen LogP contribution in [0.3, 0.4) is 0 Å². The first-order valence-electron chi connectivity index (χ1n) is 7.20.